The van der Waals surface area contributed by atoms with Gasteiger partial charge in [0.25, 0.3) is 0 Å². The summed E-state index contributed by atoms with van der Waals surface area (Å²) in [5, 5.41) is 8.05. The third-order valence-electron chi connectivity index (χ3n) is 2.60. The average molecular weight is 191 g/mol. The first-order chi connectivity index (χ1) is 6.87. The molecule has 2 rings (SSSR count). The van der Waals surface area contributed by atoms with E-state index in [-0.39, 0.29) is 5.54 Å². The summed E-state index contributed by atoms with van der Waals surface area (Å²) in [7, 11) is 0. The normalized spacial score (nSPS) is 27.4. The summed E-state index contributed by atoms with van der Waals surface area (Å²) in [4.78, 5) is 7.19. The fourth-order valence-electron chi connectivity index (χ4n) is 1.88. The minimum absolute atomic E-state index is 0.170. The first-order valence-corrected chi connectivity index (χ1v) is 4.86. The molecule has 0 amide bonds. The number of aromatic nitrogens is 2. The van der Waals surface area contributed by atoms with Crippen LogP contribution in [0.1, 0.15) is 12.1 Å². The third-order valence-corrected chi connectivity index (χ3v) is 2.60. The number of imidazole rings is 1. The molecule has 1 aliphatic rings. The molecule has 1 atom stereocenters. The summed E-state index contributed by atoms with van der Waals surface area (Å²) in [5.74, 6) is 0. The molecule has 1 aliphatic heterocycles. The molecule has 1 aromatic heterocycles. The van der Waals surface area contributed by atoms with Crippen LogP contribution in [0, 0.1) is 0 Å². The van der Waals surface area contributed by atoms with Gasteiger partial charge in [0.05, 0.1) is 17.6 Å². The summed E-state index contributed by atoms with van der Waals surface area (Å²) in [6.45, 7) is 6.47. The van der Waals surface area contributed by atoms with Crippen LogP contribution in [-0.4, -0.2) is 29.6 Å². The van der Waals surface area contributed by atoms with Gasteiger partial charge in [0.15, 0.2) is 0 Å². The molecule has 0 spiro atoms. The second kappa shape index (κ2) is 3.94. The maximum absolute atomic E-state index is 4.69. The number of rotatable bonds is 3. The highest BCUT2D eigenvalue weighted by molar-refractivity contribution is 5.16. The molecule has 0 bridgehead atoms. The van der Waals surface area contributed by atoms with Crippen LogP contribution in [-0.2, 0) is 5.54 Å². The van der Waals surface area contributed by atoms with Crippen molar-refractivity contribution in [3.8, 4) is 0 Å². The monoisotopic (exact) mass is 191 g/mol. The SMILES string of the molecule is C=CCC1(c2cnc[nH]2)CNCC[N]1. The minimum Gasteiger partial charge on any atom is -0.347 e. The molecule has 4 nitrogen and oxygen atoms in total. The van der Waals surface area contributed by atoms with E-state index < -0.39 is 0 Å². The predicted octanol–water partition coefficient (Wildman–Crippen LogP) is 0.389. The van der Waals surface area contributed by atoms with E-state index in [1.54, 1.807) is 6.33 Å². The fourth-order valence-corrected chi connectivity index (χ4v) is 1.88. The van der Waals surface area contributed by atoms with Crippen LogP contribution in [0.3, 0.4) is 0 Å². The molecule has 1 unspecified atom stereocenters. The second-order valence-corrected chi connectivity index (χ2v) is 3.55. The van der Waals surface area contributed by atoms with Gasteiger partial charge >= 0.3 is 0 Å². The maximum Gasteiger partial charge on any atom is 0.0928 e. The molecular weight excluding hydrogens is 176 g/mol. The van der Waals surface area contributed by atoms with Gasteiger partial charge in [0.2, 0.25) is 0 Å². The zero-order valence-corrected chi connectivity index (χ0v) is 8.16. The Morgan fingerprint density at radius 3 is 3.14 bits per heavy atom. The lowest BCUT2D eigenvalue weighted by Crippen LogP contribution is -2.52. The lowest BCUT2D eigenvalue weighted by atomic mass is 9.90. The van der Waals surface area contributed by atoms with E-state index in [9.17, 15) is 0 Å². The first-order valence-electron chi connectivity index (χ1n) is 4.86. The van der Waals surface area contributed by atoms with E-state index in [1.165, 1.54) is 0 Å². The van der Waals surface area contributed by atoms with Crippen molar-refractivity contribution in [3.63, 3.8) is 0 Å². The smallest absolute Gasteiger partial charge is 0.0928 e. The molecule has 1 saturated heterocycles. The number of piperazine rings is 1. The highest BCUT2D eigenvalue weighted by atomic mass is 15.1. The van der Waals surface area contributed by atoms with Crippen LogP contribution in [0.15, 0.2) is 25.2 Å². The van der Waals surface area contributed by atoms with E-state index in [1.807, 2.05) is 12.3 Å². The molecule has 1 fully saturated rings. The average Bonchev–Trinajstić information content (AvgIpc) is 2.73. The van der Waals surface area contributed by atoms with Crippen LogP contribution in [0.4, 0.5) is 0 Å². The Kier molecular flexibility index (Phi) is 2.65. The summed E-state index contributed by atoms with van der Waals surface area (Å²) in [6.07, 6.45) is 6.31. The van der Waals surface area contributed by atoms with Crippen molar-refractivity contribution in [1.82, 2.24) is 20.6 Å². The Morgan fingerprint density at radius 2 is 2.57 bits per heavy atom. The minimum atomic E-state index is -0.170. The van der Waals surface area contributed by atoms with Gasteiger partial charge < -0.3 is 10.3 Å². The van der Waals surface area contributed by atoms with E-state index in [0.717, 1.165) is 31.7 Å². The van der Waals surface area contributed by atoms with Gasteiger partial charge in [-0.05, 0) is 6.42 Å². The summed E-state index contributed by atoms with van der Waals surface area (Å²) < 4.78 is 0. The summed E-state index contributed by atoms with van der Waals surface area (Å²) in [5.41, 5.74) is 0.904. The van der Waals surface area contributed by atoms with E-state index >= 15 is 0 Å². The molecule has 0 aromatic carbocycles. The highest BCUT2D eigenvalue weighted by Gasteiger charge is 2.34. The topological polar surface area (TPSA) is 54.8 Å². The van der Waals surface area contributed by atoms with Crippen molar-refractivity contribution in [3.05, 3.63) is 30.9 Å². The van der Waals surface area contributed by atoms with Gasteiger partial charge in [0.1, 0.15) is 0 Å². The quantitative estimate of drug-likeness (QED) is 0.679. The molecule has 0 saturated carbocycles. The number of hydrogen-bond acceptors (Lipinski definition) is 2. The molecule has 0 aliphatic carbocycles. The third kappa shape index (κ3) is 1.58. The number of H-pyrrole nitrogens is 1. The molecule has 75 valence electrons. The van der Waals surface area contributed by atoms with Crippen molar-refractivity contribution in [2.24, 2.45) is 0 Å². The van der Waals surface area contributed by atoms with Crippen LogP contribution in [0.25, 0.3) is 0 Å². The molecule has 2 N–H and O–H groups in total. The van der Waals surface area contributed by atoms with Gasteiger partial charge in [-0.3, -0.25) is 0 Å². The zero-order chi connectivity index (χ0) is 9.86. The van der Waals surface area contributed by atoms with Crippen molar-refractivity contribution in [2.75, 3.05) is 19.6 Å². The molecule has 4 heteroatoms. The highest BCUT2D eigenvalue weighted by Crippen LogP contribution is 2.25. The predicted molar refractivity (Wildman–Crippen MR) is 55.0 cm³/mol. The number of hydrogen-bond donors (Lipinski definition) is 2. The maximum atomic E-state index is 4.69. The van der Waals surface area contributed by atoms with Crippen molar-refractivity contribution >= 4 is 0 Å². The Balaban J connectivity index is 2.24. The number of aromatic amines is 1. The van der Waals surface area contributed by atoms with Crippen molar-refractivity contribution in [2.45, 2.75) is 12.0 Å². The van der Waals surface area contributed by atoms with Crippen LogP contribution >= 0.6 is 0 Å². The number of nitrogens with one attached hydrogen (secondary N) is 2. The molecule has 1 aromatic rings. The Bertz CT molecular complexity index is 285. The Labute approximate surface area is 83.8 Å². The summed E-state index contributed by atoms with van der Waals surface area (Å²) in [6, 6.07) is 0. The van der Waals surface area contributed by atoms with Gasteiger partial charge in [-0.15, -0.1) is 6.58 Å². The van der Waals surface area contributed by atoms with Crippen molar-refractivity contribution < 1.29 is 0 Å². The second-order valence-electron chi connectivity index (χ2n) is 3.55. The van der Waals surface area contributed by atoms with Crippen LogP contribution in [0.5, 0.6) is 0 Å². The fraction of sp³-hybridized carbons (Fsp3) is 0.500. The standard InChI is InChI=1S/C10H15N4/c1-2-3-10(7-11-4-5-14-10)9-6-12-8-13-9/h2,6,8,11H,1,3-5,7H2,(H,12,13). The van der Waals surface area contributed by atoms with Crippen LogP contribution < -0.4 is 10.6 Å². The van der Waals surface area contributed by atoms with Gasteiger partial charge in [-0.25, -0.2) is 10.3 Å². The lowest BCUT2D eigenvalue weighted by Gasteiger charge is -2.35. The first kappa shape index (κ1) is 9.43. The van der Waals surface area contributed by atoms with Gasteiger partial charge in [-0.2, -0.15) is 0 Å². The molecule has 1 radical (unpaired) electrons. The molecule has 14 heavy (non-hydrogen) atoms. The van der Waals surface area contributed by atoms with Gasteiger partial charge in [0, 0.05) is 25.8 Å². The van der Waals surface area contributed by atoms with E-state index in [4.69, 9.17) is 0 Å². The Hall–Kier alpha value is -1.13. The van der Waals surface area contributed by atoms with Gasteiger partial charge in [-0.1, -0.05) is 6.08 Å². The largest absolute Gasteiger partial charge is 0.347 e. The molecular formula is C10H15N4. The number of nitrogens with zero attached hydrogens (tertiary/aromatic N) is 2. The zero-order valence-electron chi connectivity index (χ0n) is 8.16. The summed E-state index contributed by atoms with van der Waals surface area (Å²) >= 11 is 0. The lowest BCUT2D eigenvalue weighted by molar-refractivity contribution is 0.265. The van der Waals surface area contributed by atoms with E-state index in [2.05, 4.69) is 27.2 Å². The molecule has 2 heterocycles. The van der Waals surface area contributed by atoms with E-state index in [0.29, 0.717) is 0 Å². The van der Waals surface area contributed by atoms with Crippen molar-refractivity contribution in [1.29, 1.82) is 0 Å². The van der Waals surface area contributed by atoms with Crippen LogP contribution in [0.2, 0.25) is 0 Å². The Morgan fingerprint density at radius 1 is 1.64 bits per heavy atom.